The van der Waals surface area contributed by atoms with Crippen molar-refractivity contribution < 1.29 is 0 Å². The Bertz CT molecular complexity index is 999. The largest absolute Gasteiger partial charge is 0.352 e. The third-order valence-corrected chi connectivity index (χ3v) is 6.30. The number of unbranched alkanes of at least 4 members (excludes halogenated alkanes) is 1. The number of nitrogens with zero attached hydrogens (tertiary/aromatic N) is 4. The van der Waals surface area contributed by atoms with Crippen molar-refractivity contribution in [2.24, 2.45) is 0 Å². The molecule has 0 amide bonds. The SMILES string of the molecule is CCCCN1C(=S)N[C@H](c2ccccn2)[C@H]1c1cc(C)n(Cc2cccnc2)c1C. The van der Waals surface area contributed by atoms with E-state index < -0.39 is 0 Å². The van der Waals surface area contributed by atoms with Crippen molar-refractivity contribution in [2.45, 2.75) is 52.2 Å². The van der Waals surface area contributed by atoms with Crippen LogP contribution in [0.1, 0.15) is 60.1 Å². The lowest BCUT2D eigenvalue weighted by Gasteiger charge is -2.28. The van der Waals surface area contributed by atoms with Gasteiger partial charge in [0, 0.05) is 43.1 Å². The van der Waals surface area contributed by atoms with Crippen molar-refractivity contribution in [2.75, 3.05) is 6.54 Å². The Morgan fingerprint density at radius 3 is 2.70 bits per heavy atom. The van der Waals surface area contributed by atoms with E-state index in [1.165, 1.54) is 22.5 Å². The summed E-state index contributed by atoms with van der Waals surface area (Å²) in [6.07, 6.45) is 7.87. The Morgan fingerprint density at radius 1 is 1.13 bits per heavy atom. The first-order valence-corrected chi connectivity index (χ1v) is 11.0. The third kappa shape index (κ3) is 3.97. The van der Waals surface area contributed by atoms with E-state index in [0.29, 0.717) is 0 Å². The molecule has 30 heavy (non-hydrogen) atoms. The van der Waals surface area contributed by atoms with Crippen molar-refractivity contribution in [3.05, 3.63) is 83.2 Å². The number of nitrogens with one attached hydrogen (secondary N) is 1. The van der Waals surface area contributed by atoms with E-state index in [0.717, 1.165) is 36.7 Å². The lowest BCUT2D eigenvalue weighted by atomic mass is 9.96. The van der Waals surface area contributed by atoms with Gasteiger partial charge in [0.25, 0.3) is 0 Å². The smallest absolute Gasteiger partial charge is 0.170 e. The summed E-state index contributed by atoms with van der Waals surface area (Å²) >= 11 is 5.77. The highest BCUT2D eigenvalue weighted by molar-refractivity contribution is 7.80. The number of pyridine rings is 2. The third-order valence-electron chi connectivity index (χ3n) is 5.95. The van der Waals surface area contributed by atoms with Crippen LogP contribution in [-0.2, 0) is 6.54 Å². The minimum absolute atomic E-state index is 0.0444. The second-order valence-corrected chi connectivity index (χ2v) is 8.33. The maximum absolute atomic E-state index is 5.77. The highest BCUT2D eigenvalue weighted by atomic mass is 32.1. The first-order chi connectivity index (χ1) is 14.6. The fourth-order valence-electron chi connectivity index (χ4n) is 4.36. The van der Waals surface area contributed by atoms with Crippen molar-refractivity contribution in [3.8, 4) is 0 Å². The molecule has 0 saturated carbocycles. The molecule has 5 nitrogen and oxygen atoms in total. The molecule has 1 N–H and O–H groups in total. The van der Waals surface area contributed by atoms with Crippen LogP contribution >= 0.6 is 12.2 Å². The minimum atomic E-state index is 0.0444. The average Bonchev–Trinajstić information content (AvgIpc) is 3.24. The van der Waals surface area contributed by atoms with Crippen LogP contribution in [0, 0.1) is 13.8 Å². The molecule has 1 fully saturated rings. The maximum atomic E-state index is 5.77. The maximum Gasteiger partial charge on any atom is 0.170 e. The lowest BCUT2D eigenvalue weighted by Crippen LogP contribution is -2.30. The molecular formula is C24H29N5S. The van der Waals surface area contributed by atoms with Gasteiger partial charge in [-0.05, 0) is 67.9 Å². The zero-order valence-corrected chi connectivity index (χ0v) is 18.7. The average molecular weight is 420 g/mol. The summed E-state index contributed by atoms with van der Waals surface area (Å²) in [6, 6.07) is 12.7. The van der Waals surface area contributed by atoms with Crippen LogP contribution in [-0.4, -0.2) is 31.1 Å². The Hall–Kier alpha value is -2.73. The second kappa shape index (κ2) is 8.96. The molecule has 0 radical (unpaired) electrons. The van der Waals surface area contributed by atoms with Gasteiger partial charge in [-0.25, -0.2) is 0 Å². The fourth-order valence-corrected chi connectivity index (χ4v) is 4.69. The van der Waals surface area contributed by atoms with E-state index in [1.807, 2.05) is 36.8 Å². The molecule has 3 aromatic heterocycles. The van der Waals surface area contributed by atoms with Crippen LogP contribution in [0.15, 0.2) is 55.0 Å². The van der Waals surface area contributed by atoms with E-state index in [9.17, 15) is 0 Å². The molecule has 0 aliphatic carbocycles. The van der Waals surface area contributed by atoms with Crippen LogP contribution in [0.4, 0.5) is 0 Å². The quantitative estimate of drug-likeness (QED) is 0.562. The number of rotatable bonds is 7. The molecule has 6 heteroatoms. The minimum Gasteiger partial charge on any atom is -0.352 e. The van der Waals surface area contributed by atoms with Crippen LogP contribution in [0.3, 0.4) is 0 Å². The van der Waals surface area contributed by atoms with Gasteiger partial charge < -0.3 is 14.8 Å². The Kier molecular flexibility index (Phi) is 6.13. The van der Waals surface area contributed by atoms with Gasteiger partial charge in [0.2, 0.25) is 0 Å². The zero-order valence-electron chi connectivity index (χ0n) is 17.9. The van der Waals surface area contributed by atoms with Crippen molar-refractivity contribution >= 4 is 17.3 Å². The summed E-state index contributed by atoms with van der Waals surface area (Å²) in [7, 11) is 0. The van der Waals surface area contributed by atoms with E-state index in [-0.39, 0.29) is 12.1 Å². The Morgan fingerprint density at radius 2 is 2.00 bits per heavy atom. The number of thiocarbonyl (C=S) groups is 1. The molecule has 1 saturated heterocycles. The molecule has 1 aliphatic heterocycles. The van der Waals surface area contributed by atoms with Crippen molar-refractivity contribution in [3.63, 3.8) is 0 Å². The van der Waals surface area contributed by atoms with Gasteiger partial charge in [-0.2, -0.15) is 0 Å². The summed E-state index contributed by atoms with van der Waals surface area (Å²) < 4.78 is 2.38. The van der Waals surface area contributed by atoms with Gasteiger partial charge in [-0.15, -0.1) is 0 Å². The van der Waals surface area contributed by atoms with Crippen LogP contribution in [0.25, 0.3) is 0 Å². The standard InChI is InChI=1S/C24H29N5S/c1-4-5-13-28-23(22(27-24(28)30)21-10-6-7-12-26-21)20-14-17(2)29(18(20)3)16-19-9-8-11-25-15-19/h6-12,14-15,22-23H,4-5,13,16H2,1-3H3,(H,27,30)/t22-,23-/m1/s1. The molecule has 2 atom stereocenters. The summed E-state index contributed by atoms with van der Waals surface area (Å²) in [5, 5.41) is 4.38. The van der Waals surface area contributed by atoms with Crippen LogP contribution in [0.5, 0.6) is 0 Å². The molecule has 0 spiro atoms. The van der Waals surface area contributed by atoms with Crippen molar-refractivity contribution in [1.29, 1.82) is 0 Å². The van der Waals surface area contributed by atoms with Crippen LogP contribution in [0.2, 0.25) is 0 Å². The molecule has 0 unspecified atom stereocenters. The van der Waals surface area contributed by atoms with Gasteiger partial charge in [0.1, 0.15) is 0 Å². The second-order valence-electron chi connectivity index (χ2n) is 7.95. The number of hydrogen-bond acceptors (Lipinski definition) is 3. The van der Waals surface area contributed by atoms with Crippen LogP contribution < -0.4 is 5.32 Å². The van der Waals surface area contributed by atoms with E-state index in [1.54, 1.807) is 0 Å². The Labute approximate surface area is 184 Å². The Balaban J connectivity index is 1.74. The predicted molar refractivity (Wildman–Crippen MR) is 124 cm³/mol. The monoisotopic (exact) mass is 419 g/mol. The number of hydrogen-bond donors (Lipinski definition) is 1. The van der Waals surface area contributed by atoms with Crippen molar-refractivity contribution in [1.82, 2.24) is 24.8 Å². The van der Waals surface area contributed by atoms with Gasteiger partial charge in [-0.3, -0.25) is 9.97 Å². The van der Waals surface area contributed by atoms with E-state index in [4.69, 9.17) is 12.2 Å². The first-order valence-electron chi connectivity index (χ1n) is 10.6. The molecule has 4 rings (SSSR count). The van der Waals surface area contributed by atoms with E-state index >= 15 is 0 Å². The molecular weight excluding hydrogens is 390 g/mol. The zero-order chi connectivity index (χ0) is 21.1. The summed E-state index contributed by atoms with van der Waals surface area (Å²) in [6.45, 7) is 8.38. The molecule has 156 valence electrons. The highest BCUT2D eigenvalue weighted by Gasteiger charge is 2.40. The fraction of sp³-hybridized carbons (Fsp3) is 0.375. The summed E-state index contributed by atoms with van der Waals surface area (Å²) in [5.74, 6) is 0. The molecule has 0 aromatic carbocycles. The lowest BCUT2D eigenvalue weighted by molar-refractivity contribution is 0.311. The molecule has 1 aliphatic rings. The first kappa shape index (κ1) is 20.5. The molecule has 4 heterocycles. The van der Waals surface area contributed by atoms with Gasteiger partial charge >= 0.3 is 0 Å². The summed E-state index contributed by atoms with van der Waals surface area (Å²) in [4.78, 5) is 11.3. The van der Waals surface area contributed by atoms with Gasteiger partial charge in [0.05, 0.1) is 17.8 Å². The summed E-state index contributed by atoms with van der Waals surface area (Å²) in [5.41, 5.74) is 6.07. The highest BCUT2D eigenvalue weighted by Crippen LogP contribution is 2.41. The van der Waals surface area contributed by atoms with Gasteiger partial charge in [-0.1, -0.05) is 25.5 Å². The van der Waals surface area contributed by atoms with E-state index in [2.05, 4.69) is 63.7 Å². The molecule has 0 bridgehead atoms. The number of aromatic nitrogens is 3. The molecule has 3 aromatic rings. The predicted octanol–water partition coefficient (Wildman–Crippen LogP) is 4.72. The van der Waals surface area contributed by atoms with Gasteiger partial charge in [0.15, 0.2) is 5.11 Å². The number of aryl methyl sites for hydroxylation is 1. The normalized spacial score (nSPS) is 18.6. The topological polar surface area (TPSA) is 46.0 Å².